The second-order valence-corrected chi connectivity index (χ2v) is 6.12. The second-order valence-electron chi connectivity index (χ2n) is 6.12. The van der Waals surface area contributed by atoms with Gasteiger partial charge in [0.15, 0.2) is 5.69 Å². The normalized spacial score (nSPS) is 11.1. The van der Waals surface area contributed by atoms with Crippen molar-refractivity contribution in [2.75, 3.05) is 5.73 Å². The van der Waals surface area contributed by atoms with Crippen molar-refractivity contribution in [1.82, 2.24) is 30.7 Å². The molecule has 0 unspecified atom stereocenters. The van der Waals surface area contributed by atoms with Crippen LogP contribution in [0.25, 0.3) is 17.1 Å². The molecule has 1 aromatic carbocycles. The zero-order chi connectivity index (χ0) is 22.0. The Morgan fingerprint density at radius 3 is 2.65 bits per heavy atom. The van der Waals surface area contributed by atoms with E-state index in [0.717, 1.165) is 4.68 Å². The van der Waals surface area contributed by atoms with Crippen LogP contribution in [0.5, 0.6) is 0 Å². The third-order valence-electron chi connectivity index (χ3n) is 4.05. The number of aromatic nitrogens is 5. The van der Waals surface area contributed by atoms with E-state index in [9.17, 15) is 14.9 Å². The van der Waals surface area contributed by atoms with Crippen molar-refractivity contribution in [3.63, 3.8) is 0 Å². The largest absolute Gasteiger partial charge is 0.460 e. The molecule has 3 heterocycles. The van der Waals surface area contributed by atoms with E-state index >= 15 is 0 Å². The molecular formula is C17H13N9O5. The Bertz CT molecular complexity index is 1290. The molecule has 1 amide bonds. The summed E-state index contributed by atoms with van der Waals surface area (Å²) >= 11 is 0. The number of amides is 1. The topological polar surface area (TPSA) is 193 Å². The number of furan rings is 1. The summed E-state index contributed by atoms with van der Waals surface area (Å²) in [7, 11) is 0. The number of carbonyl (C=O) groups excluding carboxylic acids is 1. The molecule has 0 aliphatic rings. The van der Waals surface area contributed by atoms with Crippen LogP contribution in [0.1, 0.15) is 22.0 Å². The van der Waals surface area contributed by atoms with Crippen molar-refractivity contribution < 1.29 is 18.8 Å². The van der Waals surface area contributed by atoms with Crippen LogP contribution in [0.3, 0.4) is 0 Å². The van der Waals surface area contributed by atoms with Crippen molar-refractivity contribution in [3.05, 3.63) is 63.7 Å². The van der Waals surface area contributed by atoms with Crippen LogP contribution in [0.15, 0.2) is 50.5 Å². The van der Waals surface area contributed by atoms with E-state index in [1.54, 1.807) is 19.1 Å². The Morgan fingerprint density at radius 1 is 1.26 bits per heavy atom. The molecule has 0 bridgehead atoms. The van der Waals surface area contributed by atoms with Gasteiger partial charge in [0.2, 0.25) is 11.6 Å². The molecule has 14 heteroatoms. The van der Waals surface area contributed by atoms with Gasteiger partial charge in [-0.3, -0.25) is 14.9 Å². The Hall–Kier alpha value is -4.88. The summed E-state index contributed by atoms with van der Waals surface area (Å²) < 4.78 is 10.9. The minimum Gasteiger partial charge on any atom is -0.460 e. The number of nitrogens with one attached hydrogen (secondary N) is 1. The smallest absolute Gasteiger partial charge is 0.292 e. The second kappa shape index (κ2) is 7.86. The van der Waals surface area contributed by atoms with Gasteiger partial charge < -0.3 is 10.2 Å². The van der Waals surface area contributed by atoms with Crippen LogP contribution >= 0.6 is 0 Å². The fraction of sp³-hybridized carbons (Fsp3) is 0.0588. The number of nitrogen functional groups attached to an aromatic ring is 1. The van der Waals surface area contributed by atoms with E-state index < -0.39 is 10.8 Å². The van der Waals surface area contributed by atoms with Gasteiger partial charge in [-0.05, 0) is 41.5 Å². The summed E-state index contributed by atoms with van der Waals surface area (Å²) in [5.41, 5.74) is 8.35. The van der Waals surface area contributed by atoms with Crippen molar-refractivity contribution in [3.8, 4) is 17.1 Å². The number of aryl methyl sites for hydroxylation is 1. The molecule has 0 saturated heterocycles. The van der Waals surface area contributed by atoms with Crippen molar-refractivity contribution in [1.29, 1.82) is 0 Å². The molecule has 31 heavy (non-hydrogen) atoms. The molecule has 0 saturated carbocycles. The molecule has 4 rings (SSSR count). The number of non-ortho nitro benzene ring substituents is 1. The highest BCUT2D eigenvalue weighted by Gasteiger charge is 2.26. The SMILES string of the molecule is Cc1ccc(C=NNC(=O)c2c(-c3ccc([N+](=O)[O-])cc3)nnn2-c2nonc2N)o1. The number of hydrogen-bond donors (Lipinski definition) is 2. The van der Waals surface area contributed by atoms with Crippen LogP contribution < -0.4 is 11.2 Å². The van der Waals surface area contributed by atoms with Gasteiger partial charge in [-0.15, -0.1) is 5.10 Å². The van der Waals surface area contributed by atoms with E-state index in [2.05, 4.69) is 35.8 Å². The quantitative estimate of drug-likeness (QED) is 0.260. The average molecular weight is 423 g/mol. The fourth-order valence-electron chi connectivity index (χ4n) is 2.64. The van der Waals surface area contributed by atoms with E-state index in [1.165, 1.54) is 30.5 Å². The number of hydrogen-bond acceptors (Lipinski definition) is 11. The molecule has 4 aromatic rings. The highest BCUT2D eigenvalue weighted by Crippen LogP contribution is 2.26. The summed E-state index contributed by atoms with van der Waals surface area (Å²) in [5, 5.41) is 29.8. The molecule has 3 aromatic heterocycles. The summed E-state index contributed by atoms with van der Waals surface area (Å²) in [6, 6.07) is 8.85. The highest BCUT2D eigenvalue weighted by molar-refractivity contribution is 5.99. The number of nitro benzene ring substituents is 1. The molecule has 3 N–H and O–H groups in total. The van der Waals surface area contributed by atoms with E-state index in [1.807, 2.05) is 0 Å². The molecular weight excluding hydrogens is 410 g/mol. The third-order valence-corrected chi connectivity index (χ3v) is 4.05. The fourth-order valence-corrected chi connectivity index (χ4v) is 2.64. The molecule has 0 aliphatic carbocycles. The molecule has 14 nitrogen and oxygen atoms in total. The van der Waals surface area contributed by atoms with Gasteiger partial charge in [-0.25, -0.2) is 10.1 Å². The zero-order valence-corrected chi connectivity index (χ0v) is 15.8. The number of rotatable bonds is 6. The van der Waals surface area contributed by atoms with Crippen LogP contribution in [0, 0.1) is 17.0 Å². The van der Waals surface area contributed by atoms with Crippen molar-refractivity contribution in [2.45, 2.75) is 6.92 Å². The predicted molar refractivity (Wildman–Crippen MR) is 104 cm³/mol. The first-order valence-electron chi connectivity index (χ1n) is 8.63. The van der Waals surface area contributed by atoms with Gasteiger partial charge in [0, 0.05) is 17.7 Å². The molecule has 0 fully saturated rings. The third kappa shape index (κ3) is 3.84. The molecule has 0 aliphatic heterocycles. The molecule has 0 atom stereocenters. The maximum absolute atomic E-state index is 12.9. The minimum atomic E-state index is -0.708. The van der Waals surface area contributed by atoms with E-state index in [0.29, 0.717) is 17.1 Å². The molecule has 0 radical (unpaired) electrons. The van der Waals surface area contributed by atoms with E-state index in [-0.39, 0.29) is 28.7 Å². The maximum Gasteiger partial charge on any atom is 0.292 e. The Balaban J connectivity index is 1.71. The first-order valence-corrected chi connectivity index (χ1v) is 8.63. The first kappa shape index (κ1) is 19.4. The van der Waals surface area contributed by atoms with Crippen molar-refractivity contribution in [2.24, 2.45) is 5.10 Å². The Kier molecular flexibility index (Phi) is 4.93. The highest BCUT2D eigenvalue weighted by atomic mass is 16.6. The zero-order valence-electron chi connectivity index (χ0n) is 15.8. The molecule has 156 valence electrons. The van der Waals surface area contributed by atoms with E-state index in [4.69, 9.17) is 10.2 Å². The van der Waals surface area contributed by atoms with Gasteiger partial charge in [-0.1, -0.05) is 5.21 Å². The summed E-state index contributed by atoms with van der Waals surface area (Å²) in [4.78, 5) is 23.3. The van der Waals surface area contributed by atoms with Gasteiger partial charge >= 0.3 is 0 Å². The number of nitrogens with two attached hydrogens (primary N) is 1. The van der Waals surface area contributed by atoms with Gasteiger partial charge in [0.1, 0.15) is 17.2 Å². The summed E-state index contributed by atoms with van der Waals surface area (Å²) in [6.45, 7) is 1.77. The average Bonchev–Trinajstić information content (AvgIpc) is 3.47. The van der Waals surface area contributed by atoms with Crippen LogP contribution in [0.2, 0.25) is 0 Å². The van der Waals surface area contributed by atoms with Crippen LogP contribution in [0.4, 0.5) is 11.5 Å². The number of benzene rings is 1. The van der Waals surface area contributed by atoms with Gasteiger partial charge in [0.05, 0.1) is 11.1 Å². The van der Waals surface area contributed by atoms with Gasteiger partial charge in [-0.2, -0.15) is 9.78 Å². The summed E-state index contributed by atoms with van der Waals surface area (Å²) in [5.74, 6) is 0.231. The monoisotopic (exact) mass is 423 g/mol. The first-order chi connectivity index (χ1) is 14.9. The summed E-state index contributed by atoms with van der Waals surface area (Å²) in [6.07, 6.45) is 1.32. The number of carbonyl (C=O) groups is 1. The Labute approximate surface area is 172 Å². The minimum absolute atomic E-state index is 0.0588. The number of anilines is 1. The van der Waals surface area contributed by atoms with Crippen LogP contribution in [-0.4, -0.2) is 42.4 Å². The lowest BCUT2D eigenvalue weighted by Crippen LogP contribution is -2.22. The predicted octanol–water partition coefficient (Wildman–Crippen LogP) is 1.47. The maximum atomic E-state index is 12.9. The Morgan fingerprint density at radius 2 is 2.03 bits per heavy atom. The lowest BCUT2D eigenvalue weighted by molar-refractivity contribution is -0.384. The number of nitro groups is 1. The number of hydrazone groups is 1. The van der Waals surface area contributed by atoms with Crippen LogP contribution in [-0.2, 0) is 0 Å². The number of nitrogens with zero attached hydrogens (tertiary/aromatic N) is 7. The van der Waals surface area contributed by atoms with Crippen molar-refractivity contribution >= 4 is 23.6 Å². The lowest BCUT2D eigenvalue weighted by atomic mass is 10.1. The molecule has 0 spiro atoms. The standard InChI is InChI=1S/C17H13N9O5/c1-9-2-7-12(30-9)8-19-21-17(27)14-13(10-3-5-11(6-4-10)26(28)29)20-24-25(14)16-15(18)22-31-23-16/h2-8H,1H3,(H2,18,22)(H,21,27). The van der Waals surface area contributed by atoms with Gasteiger partial charge in [0.25, 0.3) is 11.6 Å². The lowest BCUT2D eigenvalue weighted by Gasteiger charge is -2.04.